The number of ether oxygens (including phenoxy) is 1. The number of rotatable bonds is 8. The molecular formula is C20H27N3O4S. The molecular weight excluding hydrogens is 378 g/mol. The summed E-state index contributed by atoms with van der Waals surface area (Å²) in [6, 6.07) is 9.14. The third-order valence-electron chi connectivity index (χ3n) is 4.72. The SMILES string of the molecule is COCCN(/C=C(/C#N)C(=O)Nc1ccccc1C(C)C)C1CCS(=O)(=O)C1. The number of hydrogen-bond donors (Lipinski definition) is 1. The van der Waals surface area contributed by atoms with Gasteiger partial charge in [0.1, 0.15) is 11.6 Å². The number of methoxy groups -OCH3 is 1. The van der Waals surface area contributed by atoms with Crippen molar-refractivity contribution in [2.75, 3.05) is 37.1 Å². The molecule has 1 N–H and O–H groups in total. The molecule has 1 aliphatic rings. The van der Waals surface area contributed by atoms with Crippen LogP contribution in [0.3, 0.4) is 0 Å². The molecule has 152 valence electrons. The number of amides is 1. The van der Waals surface area contributed by atoms with Crippen LogP contribution in [0.5, 0.6) is 0 Å². The molecule has 1 atom stereocenters. The molecule has 1 unspecified atom stereocenters. The summed E-state index contributed by atoms with van der Waals surface area (Å²) in [7, 11) is -1.54. The van der Waals surface area contributed by atoms with E-state index in [4.69, 9.17) is 4.74 Å². The van der Waals surface area contributed by atoms with E-state index in [0.717, 1.165) is 5.56 Å². The summed E-state index contributed by atoms with van der Waals surface area (Å²) < 4.78 is 28.7. The van der Waals surface area contributed by atoms with Crippen molar-refractivity contribution < 1.29 is 17.9 Å². The fraction of sp³-hybridized carbons (Fsp3) is 0.500. The Labute approximate surface area is 166 Å². The van der Waals surface area contributed by atoms with E-state index in [1.807, 2.05) is 38.1 Å². The predicted molar refractivity (Wildman–Crippen MR) is 108 cm³/mol. The first-order valence-corrected chi connectivity index (χ1v) is 11.1. The van der Waals surface area contributed by atoms with Crippen molar-refractivity contribution in [1.82, 2.24) is 4.90 Å². The maximum absolute atomic E-state index is 12.7. The van der Waals surface area contributed by atoms with Crippen molar-refractivity contribution in [2.24, 2.45) is 0 Å². The van der Waals surface area contributed by atoms with Gasteiger partial charge in [-0.1, -0.05) is 32.0 Å². The minimum absolute atomic E-state index is 0.0176. The van der Waals surface area contributed by atoms with E-state index in [1.54, 1.807) is 18.1 Å². The van der Waals surface area contributed by atoms with Gasteiger partial charge in [0.25, 0.3) is 5.91 Å². The summed E-state index contributed by atoms with van der Waals surface area (Å²) in [5.41, 5.74) is 1.57. The number of anilines is 1. The van der Waals surface area contributed by atoms with Gasteiger partial charge in [-0.15, -0.1) is 0 Å². The molecule has 0 saturated carbocycles. The fourth-order valence-corrected chi connectivity index (χ4v) is 4.94. The topological polar surface area (TPSA) is 99.5 Å². The Morgan fingerprint density at radius 2 is 2.14 bits per heavy atom. The number of nitrogens with zero attached hydrogens (tertiary/aromatic N) is 2. The number of carbonyl (C=O) groups excluding carboxylic acids is 1. The number of nitrogens with one attached hydrogen (secondary N) is 1. The molecule has 1 saturated heterocycles. The summed E-state index contributed by atoms with van der Waals surface area (Å²) in [6.45, 7) is 4.82. The zero-order chi connectivity index (χ0) is 20.7. The Morgan fingerprint density at radius 3 is 2.71 bits per heavy atom. The summed E-state index contributed by atoms with van der Waals surface area (Å²) in [5, 5.41) is 12.3. The number of hydrogen-bond acceptors (Lipinski definition) is 6. The second kappa shape index (κ2) is 9.71. The summed E-state index contributed by atoms with van der Waals surface area (Å²) >= 11 is 0. The molecule has 8 heteroatoms. The van der Waals surface area contributed by atoms with E-state index < -0.39 is 15.7 Å². The Balaban J connectivity index is 2.23. The van der Waals surface area contributed by atoms with Crippen molar-refractivity contribution >= 4 is 21.4 Å². The van der Waals surface area contributed by atoms with E-state index in [0.29, 0.717) is 25.3 Å². The Kier molecular flexibility index (Phi) is 7.61. The first-order valence-electron chi connectivity index (χ1n) is 9.24. The zero-order valence-electron chi connectivity index (χ0n) is 16.5. The van der Waals surface area contributed by atoms with E-state index >= 15 is 0 Å². The maximum atomic E-state index is 12.7. The minimum atomic E-state index is -3.09. The van der Waals surface area contributed by atoms with Gasteiger partial charge in [0, 0.05) is 31.6 Å². The normalized spacial score (nSPS) is 18.7. The average Bonchev–Trinajstić information content (AvgIpc) is 3.01. The molecule has 0 aliphatic carbocycles. The molecule has 0 bridgehead atoms. The van der Waals surface area contributed by atoms with Gasteiger partial charge in [0.15, 0.2) is 9.84 Å². The van der Waals surface area contributed by atoms with Crippen molar-refractivity contribution in [2.45, 2.75) is 32.2 Å². The van der Waals surface area contributed by atoms with Crippen LogP contribution >= 0.6 is 0 Å². The Bertz CT molecular complexity index is 872. The molecule has 0 spiro atoms. The van der Waals surface area contributed by atoms with Gasteiger partial charge in [-0.3, -0.25) is 4.79 Å². The van der Waals surface area contributed by atoms with Gasteiger partial charge in [0.05, 0.1) is 18.1 Å². The standard InChI is InChI=1S/C20H27N3O4S/c1-15(2)18-6-4-5-7-19(18)22-20(24)16(12-21)13-23(9-10-27-3)17-8-11-28(25,26)14-17/h4-7,13,15,17H,8-11,14H2,1-3H3,(H,22,24)/b16-13-. The van der Waals surface area contributed by atoms with Crippen LogP contribution in [0.1, 0.15) is 31.7 Å². The largest absolute Gasteiger partial charge is 0.383 e. The van der Waals surface area contributed by atoms with Gasteiger partial charge in [0.2, 0.25) is 0 Å². The summed E-state index contributed by atoms with van der Waals surface area (Å²) in [4.78, 5) is 14.4. The van der Waals surface area contributed by atoms with Gasteiger partial charge in [-0.05, 0) is 24.0 Å². The molecule has 0 aromatic heterocycles. The van der Waals surface area contributed by atoms with Crippen molar-refractivity contribution in [3.63, 3.8) is 0 Å². The van der Waals surface area contributed by atoms with E-state index in [9.17, 15) is 18.5 Å². The van der Waals surface area contributed by atoms with Crippen LogP contribution in [0.4, 0.5) is 5.69 Å². The van der Waals surface area contributed by atoms with Gasteiger partial charge in [-0.25, -0.2) is 8.42 Å². The molecule has 28 heavy (non-hydrogen) atoms. The van der Waals surface area contributed by atoms with Crippen LogP contribution in [0.15, 0.2) is 36.0 Å². The van der Waals surface area contributed by atoms with Crippen LogP contribution in [0.2, 0.25) is 0 Å². The predicted octanol–water partition coefficient (Wildman–Crippen LogP) is 2.29. The molecule has 0 radical (unpaired) electrons. The maximum Gasteiger partial charge on any atom is 0.267 e. The number of carbonyl (C=O) groups is 1. The fourth-order valence-electron chi connectivity index (χ4n) is 3.19. The average molecular weight is 406 g/mol. The molecule has 1 heterocycles. The molecule has 1 aliphatic heterocycles. The highest BCUT2D eigenvalue weighted by atomic mass is 32.2. The Hall–Kier alpha value is -2.37. The van der Waals surface area contributed by atoms with Gasteiger partial charge >= 0.3 is 0 Å². The van der Waals surface area contributed by atoms with Crippen LogP contribution in [0.25, 0.3) is 0 Å². The van der Waals surface area contributed by atoms with Crippen molar-refractivity contribution in [3.05, 3.63) is 41.6 Å². The van der Waals surface area contributed by atoms with E-state index in [-0.39, 0.29) is 29.0 Å². The monoisotopic (exact) mass is 405 g/mol. The van der Waals surface area contributed by atoms with Gasteiger partial charge in [-0.2, -0.15) is 5.26 Å². The molecule has 7 nitrogen and oxygen atoms in total. The van der Waals surface area contributed by atoms with Crippen LogP contribution in [-0.4, -0.2) is 57.0 Å². The lowest BCUT2D eigenvalue weighted by Crippen LogP contribution is -2.35. The smallest absolute Gasteiger partial charge is 0.267 e. The van der Waals surface area contributed by atoms with Crippen LogP contribution in [-0.2, 0) is 19.4 Å². The zero-order valence-corrected chi connectivity index (χ0v) is 17.3. The first-order chi connectivity index (χ1) is 13.3. The van der Waals surface area contributed by atoms with Crippen molar-refractivity contribution in [3.8, 4) is 6.07 Å². The molecule has 1 fully saturated rings. The molecule has 1 aromatic carbocycles. The quantitative estimate of drug-likeness (QED) is 0.526. The number of benzene rings is 1. The highest BCUT2D eigenvalue weighted by molar-refractivity contribution is 7.91. The molecule has 2 rings (SSSR count). The Morgan fingerprint density at radius 1 is 1.43 bits per heavy atom. The highest BCUT2D eigenvalue weighted by Crippen LogP contribution is 2.24. The number of nitriles is 1. The second-order valence-corrected chi connectivity index (χ2v) is 9.37. The molecule has 1 amide bonds. The van der Waals surface area contributed by atoms with E-state index in [2.05, 4.69) is 5.32 Å². The minimum Gasteiger partial charge on any atom is -0.383 e. The second-order valence-electron chi connectivity index (χ2n) is 7.14. The molecule has 1 aromatic rings. The van der Waals surface area contributed by atoms with Crippen LogP contribution in [0, 0.1) is 11.3 Å². The third-order valence-corrected chi connectivity index (χ3v) is 6.47. The van der Waals surface area contributed by atoms with Gasteiger partial charge < -0.3 is 15.0 Å². The van der Waals surface area contributed by atoms with Crippen LogP contribution < -0.4 is 5.32 Å². The lowest BCUT2D eigenvalue weighted by molar-refractivity contribution is -0.112. The van der Waals surface area contributed by atoms with E-state index in [1.165, 1.54) is 6.20 Å². The summed E-state index contributed by atoms with van der Waals surface area (Å²) in [6.07, 6.45) is 1.93. The first kappa shape index (κ1) is 21.9. The number of para-hydroxylation sites is 1. The van der Waals surface area contributed by atoms with Crippen molar-refractivity contribution in [1.29, 1.82) is 5.26 Å². The lowest BCUT2D eigenvalue weighted by atomic mass is 10.0. The highest BCUT2D eigenvalue weighted by Gasteiger charge is 2.31. The third kappa shape index (κ3) is 5.81. The summed E-state index contributed by atoms with van der Waals surface area (Å²) in [5.74, 6) is -0.166. The lowest BCUT2D eigenvalue weighted by Gasteiger charge is -2.26. The number of sulfone groups is 1.